The van der Waals surface area contributed by atoms with Gasteiger partial charge in [0, 0.05) is 24.8 Å². The van der Waals surface area contributed by atoms with Crippen LogP contribution in [0.3, 0.4) is 0 Å². The zero-order valence-electron chi connectivity index (χ0n) is 11.2. The van der Waals surface area contributed by atoms with Crippen LogP contribution in [0, 0.1) is 0 Å². The predicted octanol–water partition coefficient (Wildman–Crippen LogP) is 2.67. The monoisotopic (exact) mass is 234 g/mol. The van der Waals surface area contributed by atoms with Crippen LogP contribution in [0.15, 0.2) is 24.3 Å². The smallest absolute Gasteiger partial charge is 0.253 e. The highest BCUT2D eigenvalue weighted by Gasteiger charge is 2.14. The Balaban J connectivity index is 3.02. The molecular formula is C14H22N2O. The molecule has 94 valence electrons. The molecule has 0 atom stereocenters. The fourth-order valence-electron chi connectivity index (χ4n) is 1.85. The average Bonchev–Trinajstić information content (AvgIpc) is 2.30. The Morgan fingerprint density at radius 3 is 2.35 bits per heavy atom. The van der Waals surface area contributed by atoms with Crippen molar-refractivity contribution in [2.45, 2.75) is 33.7 Å². The summed E-state index contributed by atoms with van der Waals surface area (Å²) in [6, 6.07) is 7.92. The number of para-hydroxylation sites is 1. The number of hydrogen-bond acceptors (Lipinski definition) is 2. The second-order valence-corrected chi connectivity index (χ2v) is 4.32. The van der Waals surface area contributed by atoms with E-state index in [-0.39, 0.29) is 11.9 Å². The summed E-state index contributed by atoms with van der Waals surface area (Å²) in [5.41, 5.74) is 1.76. The van der Waals surface area contributed by atoms with E-state index in [1.807, 2.05) is 38.1 Å². The third kappa shape index (κ3) is 3.48. The van der Waals surface area contributed by atoms with E-state index in [4.69, 9.17) is 0 Å². The van der Waals surface area contributed by atoms with Crippen LogP contribution in [0.5, 0.6) is 0 Å². The van der Waals surface area contributed by atoms with Gasteiger partial charge in [-0.25, -0.2) is 0 Å². The summed E-state index contributed by atoms with van der Waals surface area (Å²) < 4.78 is 0. The zero-order chi connectivity index (χ0) is 12.8. The van der Waals surface area contributed by atoms with Crippen LogP contribution in [0.1, 0.15) is 38.1 Å². The molecule has 0 saturated heterocycles. The summed E-state index contributed by atoms with van der Waals surface area (Å²) in [5.74, 6) is 0.00231. The number of carbonyl (C=O) groups excluding carboxylic acids is 1. The molecule has 0 saturated carbocycles. The Hall–Kier alpha value is -1.51. The van der Waals surface area contributed by atoms with Crippen LogP contribution in [-0.4, -0.2) is 25.0 Å². The van der Waals surface area contributed by atoms with Gasteiger partial charge in [0.1, 0.15) is 0 Å². The molecule has 0 aromatic heterocycles. The molecule has 0 bridgehead atoms. The standard InChI is InChI=1S/C14H22N2O/c1-5-16(6-2)13-10-8-7-9-12(13)14(17)15-11(3)4/h7-11H,5-6H2,1-4H3,(H,15,17). The quantitative estimate of drug-likeness (QED) is 0.849. The van der Waals surface area contributed by atoms with Gasteiger partial charge in [0.05, 0.1) is 5.56 Å². The Bertz CT molecular complexity index is 370. The van der Waals surface area contributed by atoms with E-state index < -0.39 is 0 Å². The Morgan fingerprint density at radius 2 is 1.82 bits per heavy atom. The number of amides is 1. The number of hydrogen-bond donors (Lipinski definition) is 1. The van der Waals surface area contributed by atoms with E-state index in [0.29, 0.717) is 0 Å². The summed E-state index contributed by atoms with van der Waals surface area (Å²) in [6.07, 6.45) is 0. The molecule has 0 spiro atoms. The third-order valence-corrected chi connectivity index (χ3v) is 2.67. The molecule has 0 aliphatic carbocycles. The van der Waals surface area contributed by atoms with Crippen molar-refractivity contribution in [1.29, 1.82) is 0 Å². The summed E-state index contributed by atoms with van der Waals surface area (Å²) in [6.45, 7) is 9.95. The summed E-state index contributed by atoms with van der Waals surface area (Å²) in [4.78, 5) is 14.3. The second kappa shape index (κ2) is 6.28. The first-order valence-electron chi connectivity index (χ1n) is 6.25. The highest BCUT2D eigenvalue weighted by molar-refractivity contribution is 5.99. The molecule has 0 radical (unpaired) electrons. The van der Waals surface area contributed by atoms with Crippen molar-refractivity contribution in [3.63, 3.8) is 0 Å². The minimum atomic E-state index is 0.00231. The number of nitrogens with one attached hydrogen (secondary N) is 1. The van der Waals surface area contributed by atoms with Gasteiger partial charge >= 0.3 is 0 Å². The van der Waals surface area contributed by atoms with E-state index in [9.17, 15) is 4.79 Å². The van der Waals surface area contributed by atoms with Crippen molar-refractivity contribution in [2.24, 2.45) is 0 Å². The van der Waals surface area contributed by atoms with Gasteiger partial charge in [-0.05, 0) is 39.8 Å². The molecule has 17 heavy (non-hydrogen) atoms. The molecule has 0 aliphatic heterocycles. The second-order valence-electron chi connectivity index (χ2n) is 4.32. The molecular weight excluding hydrogens is 212 g/mol. The third-order valence-electron chi connectivity index (χ3n) is 2.67. The molecule has 1 rings (SSSR count). The van der Waals surface area contributed by atoms with E-state index in [2.05, 4.69) is 24.1 Å². The van der Waals surface area contributed by atoms with E-state index in [0.717, 1.165) is 24.3 Å². The minimum absolute atomic E-state index is 0.00231. The van der Waals surface area contributed by atoms with Gasteiger partial charge in [-0.1, -0.05) is 12.1 Å². The van der Waals surface area contributed by atoms with Gasteiger partial charge in [0.2, 0.25) is 0 Å². The fraction of sp³-hybridized carbons (Fsp3) is 0.500. The maximum absolute atomic E-state index is 12.1. The molecule has 0 heterocycles. The van der Waals surface area contributed by atoms with Gasteiger partial charge in [-0.3, -0.25) is 4.79 Å². The normalized spacial score (nSPS) is 10.4. The van der Waals surface area contributed by atoms with Crippen molar-refractivity contribution in [3.8, 4) is 0 Å². The number of anilines is 1. The van der Waals surface area contributed by atoms with Crippen molar-refractivity contribution in [3.05, 3.63) is 29.8 Å². The molecule has 1 aromatic rings. The lowest BCUT2D eigenvalue weighted by atomic mass is 10.1. The number of nitrogens with zero attached hydrogens (tertiary/aromatic N) is 1. The Kier molecular flexibility index (Phi) is 5.01. The minimum Gasteiger partial charge on any atom is -0.371 e. The van der Waals surface area contributed by atoms with Gasteiger partial charge in [-0.2, -0.15) is 0 Å². The maximum Gasteiger partial charge on any atom is 0.253 e. The van der Waals surface area contributed by atoms with Crippen LogP contribution in [0.2, 0.25) is 0 Å². The van der Waals surface area contributed by atoms with E-state index in [1.54, 1.807) is 0 Å². The molecule has 3 heteroatoms. The summed E-state index contributed by atoms with van der Waals surface area (Å²) >= 11 is 0. The van der Waals surface area contributed by atoms with Gasteiger partial charge in [-0.15, -0.1) is 0 Å². The lowest BCUT2D eigenvalue weighted by Gasteiger charge is -2.24. The first-order valence-corrected chi connectivity index (χ1v) is 6.25. The molecule has 3 nitrogen and oxygen atoms in total. The lowest BCUT2D eigenvalue weighted by Crippen LogP contribution is -2.32. The molecule has 1 aromatic carbocycles. The average molecular weight is 234 g/mol. The topological polar surface area (TPSA) is 32.3 Å². The highest BCUT2D eigenvalue weighted by atomic mass is 16.1. The predicted molar refractivity (Wildman–Crippen MR) is 72.6 cm³/mol. The number of benzene rings is 1. The number of rotatable bonds is 5. The molecule has 1 amide bonds. The zero-order valence-corrected chi connectivity index (χ0v) is 11.2. The first-order chi connectivity index (χ1) is 8.10. The molecule has 0 unspecified atom stereocenters. The fourth-order valence-corrected chi connectivity index (χ4v) is 1.85. The number of carbonyl (C=O) groups is 1. The largest absolute Gasteiger partial charge is 0.371 e. The Morgan fingerprint density at radius 1 is 1.24 bits per heavy atom. The van der Waals surface area contributed by atoms with Gasteiger partial charge < -0.3 is 10.2 Å². The van der Waals surface area contributed by atoms with E-state index in [1.165, 1.54) is 0 Å². The van der Waals surface area contributed by atoms with Crippen molar-refractivity contribution >= 4 is 11.6 Å². The summed E-state index contributed by atoms with van der Waals surface area (Å²) in [5, 5.41) is 2.94. The van der Waals surface area contributed by atoms with Crippen LogP contribution >= 0.6 is 0 Å². The highest BCUT2D eigenvalue weighted by Crippen LogP contribution is 2.20. The van der Waals surface area contributed by atoms with Crippen molar-refractivity contribution in [2.75, 3.05) is 18.0 Å². The Labute approximate surface area is 104 Å². The SMILES string of the molecule is CCN(CC)c1ccccc1C(=O)NC(C)C. The van der Waals surface area contributed by atoms with Gasteiger partial charge in [0.25, 0.3) is 5.91 Å². The van der Waals surface area contributed by atoms with E-state index >= 15 is 0 Å². The van der Waals surface area contributed by atoms with Gasteiger partial charge in [0.15, 0.2) is 0 Å². The summed E-state index contributed by atoms with van der Waals surface area (Å²) in [7, 11) is 0. The van der Waals surface area contributed by atoms with Crippen molar-refractivity contribution < 1.29 is 4.79 Å². The van der Waals surface area contributed by atoms with Crippen LogP contribution in [-0.2, 0) is 0 Å². The van der Waals surface area contributed by atoms with Crippen LogP contribution in [0.4, 0.5) is 5.69 Å². The maximum atomic E-state index is 12.1. The molecule has 1 N–H and O–H groups in total. The molecule has 0 fully saturated rings. The first kappa shape index (κ1) is 13.6. The van der Waals surface area contributed by atoms with Crippen molar-refractivity contribution in [1.82, 2.24) is 5.32 Å². The lowest BCUT2D eigenvalue weighted by molar-refractivity contribution is 0.0943. The van der Waals surface area contributed by atoms with Crippen LogP contribution < -0.4 is 10.2 Å². The molecule has 0 aliphatic rings. The van der Waals surface area contributed by atoms with Crippen LogP contribution in [0.25, 0.3) is 0 Å².